The van der Waals surface area contributed by atoms with Crippen LogP contribution in [0.25, 0.3) is 10.4 Å². The third-order valence-electron chi connectivity index (χ3n) is 1.67. The van der Waals surface area contributed by atoms with Crippen molar-refractivity contribution < 1.29 is 4.79 Å². The summed E-state index contributed by atoms with van der Waals surface area (Å²) in [5.41, 5.74) is 9.77. The minimum Gasteiger partial charge on any atom is -0.321 e. The zero-order valence-corrected chi connectivity index (χ0v) is 5.98. The second-order valence-electron chi connectivity index (χ2n) is 2.34. The quantitative estimate of drug-likeness (QED) is 0.381. The lowest BCUT2D eigenvalue weighted by atomic mass is 10.0. The minimum absolute atomic E-state index is 0.187. The third kappa shape index (κ3) is 0.741. The molecule has 0 aromatic heterocycles. The van der Waals surface area contributed by atoms with Gasteiger partial charge in [0.05, 0.1) is 16.9 Å². The summed E-state index contributed by atoms with van der Waals surface area (Å²) in [6.07, 6.45) is 0. The zero-order chi connectivity index (χ0) is 8.55. The molecule has 5 heteroatoms. The molecule has 58 valence electrons. The van der Waals surface area contributed by atoms with E-state index >= 15 is 0 Å². The van der Waals surface area contributed by atoms with E-state index in [1.807, 2.05) is 0 Å². The van der Waals surface area contributed by atoms with Crippen LogP contribution < -0.4 is 5.32 Å². The van der Waals surface area contributed by atoms with E-state index in [-0.39, 0.29) is 5.91 Å². The molecule has 0 atom stereocenters. The molecule has 0 fully saturated rings. The smallest absolute Gasteiger partial charge is 0.258 e. The van der Waals surface area contributed by atoms with Gasteiger partial charge >= 0.3 is 0 Å². The fourth-order valence-corrected chi connectivity index (χ4v) is 1.14. The molecule has 0 bridgehead atoms. The first kappa shape index (κ1) is 6.69. The SMILES string of the molecule is [N-]=[N+]=Nc1cccc2c1C(=O)N2. The summed E-state index contributed by atoms with van der Waals surface area (Å²) in [6.45, 7) is 0. The Balaban J connectivity index is 2.63. The van der Waals surface area contributed by atoms with E-state index in [1.165, 1.54) is 0 Å². The highest BCUT2D eigenvalue weighted by molar-refractivity contribution is 6.21. The van der Waals surface area contributed by atoms with Gasteiger partial charge in [-0.15, -0.1) is 0 Å². The van der Waals surface area contributed by atoms with Gasteiger partial charge in [-0.3, -0.25) is 4.79 Å². The van der Waals surface area contributed by atoms with Crippen LogP contribution in [-0.2, 0) is 0 Å². The molecule has 0 saturated carbocycles. The van der Waals surface area contributed by atoms with Crippen molar-refractivity contribution in [1.29, 1.82) is 0 Å². The molecular formula is C7H4N4O. The van der Waals surface area contributed by atoms with Crippen molar-refractivity contribution in [1.82, 2.24) is 0 Å². The van der Waals surface area contributed by atoms with Crippen molar-refractivity contribution in [2.45, 2.75) is 0 Å². The van der Waals surface area contributed by atoms with Crippen LogP contribution >= 0.6 is 0 Å². The van der Waals surface area contributed by atoms with E-state index in [1.54, 1.807) is 18.2 Å². The molecule has 1 N–H and O–H groups in total. The van der Waals surface area contributed by atoms with Crippen LogP contribution in [0.4, 0.5) is 11.4 Å². The molecule has 1 aliphatic heterocycles. The van der Waals surface area contributed by atoms with Crippen LogP contribution in [0.15, 0.2) is 23.3 Å². The molecule has 0 aliphatic carbocycles. The van der Waals surface area contributed by atoms with Gasteiger partial charge in [-0.1, -0.05) is 17.2 Å². The van der Waals surface area contributed by atoms with Gasteiger partial charge in [-0.2, -0.15) is 0 Å². The molecule has 0 spiro atoms. The fraction of sp³-hybridized carbons (Fsp3) is 0. The van der Waals surface area contributed by atoms with Gasteiger partial charge in [0.2, 0.25) is 0 Å². The van der Waals surface area contributed by atoms with Gasteiger partial charge in [0, 0.05) is 4.91 Å². The predicted molar refractivity (Wildman–Crippen MR) is 43.2 cm³/mol. The van der Waals surface area contributed by atoms with Crippen LogP contribution in [0.5, 0.6) is 0 Å². The zero-order valence-electron chi connectivity index (χ0n) is 5.98. The summed E-state index contributed by atoms with van der Waals surface area (Å²) in [7, 11) is 0. The number of nitrogens with zero attached hydrogens (tertiary/aromatic N) is 3. The van der Waals surface area contributed by atoms with E-state index in [2.05, 4.69) is 15.3 Å². The van der Waals surface area contributed by atoms with Crippen LogP contribution in [0, 0.1) is 0 Å². The molecule has 1 heterocycles. The normalized spacial score (nSPS) is 12.2. The minimum atomic E-state index is -0.187. The van der Waals surface area contributed by atoms with Crippen LogP contribution in [0.1, 0.15) is 10.4 Å². The van der Waals surface area contributed by atoms with E-state index < -0.39 is 0 Å². The number of benzene rings is 1. The van der Waals surface area contributed by atoms with Crippen LogP contribution in [-0.4, -0.2) is 5.91 Å². The van der Waals surface area contributed by atoms with E-state index in [0.29, 0.717) is 11.3 Å². The first-order chi connectivity index (χ1) is 5.83. The molecule has 12 heavy (non-hydrogen) atoms. The molecule has 1 amide bonds. The molecule has 2 rings (SSSR count). The summed E-state index contributed by atoms with van der Waals surface area (Å²) >= 11 is 0. The molecular weight excluding hydrogens is 156 g/mol. The Kier molecular flexibility index (Phi) is 1.26. The van der Waals surface area contributed by atoms with Gasteiger partial charge in [0.1, 0.15) is 0 Å². The summed E-state index contributed by atoms with van der Waals surface area (Å²) < 4.78 is 0. The van der Waals surface area contributed by atoms with Gasteiger partial charge in [0.15, 0.2) is 0 Å². The van der Waals surface area contributed by atoms with Gasteiger partial charge < -0.3 is 5.32 Å². The summed E-state index contributed by atoms with van der Waals surface area (Å²) in [5, 5.41) is 5.95. The lowest BCUT2D eigenvalue weighted by molar-refractivity contribution is 0.101. The van der Waals surface area contributed by atoms with Gasteiger partial charge in [-0.05, 0) is 11.6 Å². The predicted octanol–water partition coefficient (Wildman–Crippen LogP) is 2.19. The van der Waals surface area contributed by atoms with Crippen molar-refractivity contribution in [3.8, 4) is 0 Å². The maximum atomic E-state index is 10.9. The Hall–Kier alpha value is -2.00. The second kappa shape index (κ2) is 2.25. The number of amides is 1. The summed E-state index contributed by atoms with van der Waals surface area (Å²) in [5.74, 6) is -0.187. The standard InChI is InChI=1S/C7H4N4O/c8-11-10-5-3-1-2-4-6(5)7(12)9-4/h1-3H,(H,9,12). The maximum absolute atomic E-state index is 10.9. The lowest BCUT2D eigenvalue weighted by Gasteiger charge is -2.20. The highest BCUT2D eigenvalue weighted by atomic mass is 16.2. The molecule has 5 nitrogen and oxygen atoms in total. The average Bonchev–Trinajstić information content (AvgIpc) is 2.03. The third-order valence-corrected chi connectivity index (χ3v) is 1.67. The largest absolute Gasteiger partial charge is 0.321 e. The molecule has 1 aromatic rings. The lowest BCUT2D eigenvalue weighted by Crippen LogP contribution is -2.24. The average molecular weight is 160 g/mol. The number of carbonyl (C=O) groups excluding carboxylic acids is 1. The highest BCUT2D eigenvalue weighted by Gasteiger charge is 2.24. The number of hydrogen-bond donors (Lipinski definition) is 1. The van der Waals surface area contributed by atoms with Crippen molar-refractivity contribution >= 4 is 17.3 Å². The van der Waals surface area contributed by atoms with Crippen molar-refractivity contribution in [3.63, 3.8) is 0 Å². The Labute approximate surface area is 67.6 Å². The molecule has 1 aromatic carbocycles. The monoisotopic (exact) mass is 160 g/mol. The number of nitrogens with one attached hydrogen (secondary N) is 1. The molecule has 1 aliphatic rings. The number of azide groups is 1. The van der Waals surface area contributed by atoms with Crippen LogP contribution in [0.2, 0.25) is 0 Å². The van der Waals surface area contributed by atoms with E-state index in [4.69, 9.17) is 5.53 Å². The number of anilines is 1. The maximum Gasteiger partial charge on any atom is 0.258 e. The van der Waals surface area contributed by atoms with E-state index in [0.717, 1.165) is 5.69 Å². The molecule has 0 radical (unpaired) electrons. The first-order valence-electron chi connectivity index (χ1n) is 3.32. The van der Waals surface area contributed by atoms with Crippen molar-refractivity contribution in [2.75, 3.05) is 5.32 Å². The summed E-state index contributed by atoms with van der Waals surface area (Å²) in [4.78, 5) is 13.5. The van der Waals surface area contributed by atoms with Crippen molar-refractivity contribution in [2.24, 2.45) is 5.11 Å². The second-order valence-corrected chi connectivity index (χ2v) is 2.34. The van der Waals surface area contributed by atoms with Gasteiger partial charge in [-0.25, -0.2) is 0 Å². The Bertz CT molecular complexity index is 406. The number of carbonyl (C=O) groups is 1. The van der Waals surface area contributed by atoms with Crippen molar-refractivity contribution in [3.05, 3.63) is 34.2 Å². The fourth-order valence-electron chi connectivity index (χ4n) is 1.14. The highest BCUT2D eigenvalue weighted by Crippen LogP contribution is 2.33. The number of rotatable bonds is 1. The molecule has 0 saturated heterocycles. The topological polar surface area (TPSA) is 77.9 Å². The van der Waals surface area contributed by atoms with Gasteiger partial charge in [0.25, 0.3) is 5.91 Å². The Morgan fingerprint density at radius 1 is 1.50 bits per heavy atom. The number of hydrogen-bond acceptors (Lipinski definition) is 2. The van der Waals surface area contributed by atoms with Crippen LogP contribution in [0.3, 0.4) is 0 Å². The summed E-state index contributed by atoms with van der Waals surface area (Å²) in [6, 6.07) is 5.09. The first-order valence-corrected chi connectivity index (χ1v) is 3.32. The Morgan fingerprint density at radius 3 is 3.00 bits per heavy atom. The molecule has 0 unspecified atom stereocenters. The number of fused-ring (bicyclic) bond motifs is 1. The Morgan fingerprint density at radius 2 is 2.33 bits per heavy atom. The van der Waals surface area contributed by atoms with E-state index in [9.17, 15) is 4.79 Å².